The fraction of sp³-hybridized carbons (Fsp3) is 0.429. The number of rotatable bonds is 5. The minimum Gasteiger partial charge on any atom is -0.481 e. The summed E-state index contributed by atoms with van der Waals surface area (Å²) in [5.41, 5.74) is 0.376. The third kappa shape index (κ3) is 3.10. The average molecular weight is 300 g/mol. The van der Waals surface area contributed by atoms with Crippen molar-refractivity contribution in [2.75, 3.05) is 6.54 Å². The van der Waals surface area contributed by atoms with E-state index in [0.717, 1.165) is 0 Å². The third-order valence-electron chi connectivity index (χ3n) is 3.50. The highest BCUT2D eigenvalue weighted by atomic mass is 35.5. The van der Waals surface area contributed by atoms with Crippen LogP contribution < -0.4 is 5.32 Å². The summed E-state index contributed by atoms with van der Waals surface area (Å²) >= 11 is 5.95. The molecule has 3 atom stereocenters. The summed E-state index contributed by atoms with van der Waals surface area (Å²) in [6, 6.07) is 4.44. The van der Waals surface area contributed by atoms with E-state index in [1.165, 1.54) is 19.1 Å². The van der Waals surface area contributed by atoms with Crippen LogP contribution in [0.15, 0.2) is 18.2 Å². The lowest BCUT2D eigenvalue weighted by Gasteiger charge is -2.09. The Hall–Kier alpha value is -1.62. The van der Waals surface area contributed by atoms with Crippen LogP contribution in [-0.4, -0.2) is 23.5 Å². The maximum atomic E-state index is 13.7. The van der Waals surface area contributed by atoms with Gasteiger partial charge in [0.1, 0.15) is 5.82 Å². The molecule has 2 rings (SSSR count). The predicted molar refractivity (Wildman–Crippen MR) is 72.1 cm³/mol. The van der Waals surface area contributed by atoms with E-state index >= 15 is 0 Å². The topological polar surface area (TPSA) is 66.4 Å². The lowest BCUT2D eigenvalue weighted by molar-refractivity contribution is -0.141. The molecule has 0 aromatic heterocycles. The summed E-state index contributed by atoms with van der Waals surface area (Å²) in [6.07, 6.45) is 0.536. The molecule has 4 nitrogen and oxygen atoms in total. The fourth-order valence-corrected chi connectivity index (χ4v) is 2.44. The van der Waals surface area contributed by atoms with Gasteiger partial charge in [0.05, 0.1) is 5.92 Å². The SMILES string of the molecule is C[C@H](CNC(=O)[C@@H]1C[C@@H]1c1c(F)cccc1Cl)C(=O)O. The normalized spacial score (nSPS) is 22.1. The second kappa shape index (κ2) is 5.79. The Labute approximate surface area is 120 Å². The van der Waals surface area contributed by atoms with Crippen molar-refractivity contribution in [3.05, 3.63) is 34.6 Å². The zero-order chi connectivity index (χ0) is 14.9. The predicted octanol–water partition coefficient (Wildman–Crippen LogP) is 2.42. The molecule has 0 spiro atoms. The number of carbonyl (C=O) groups excluding carboxylic acids is 1. The molecule has 0 heterocycles. The van der Waals surface area contributed by atoms with Crippen molar-refractivity contribution in [3.63, 3.8) is 0 Å². The number of carbonyl (C=O) groups is 2. The number of hydrogen-bond donors (Lipinski definition) is 2. The van der Waals surface area contributed by atoms with Crippen LogP contribution in [0.3, 0.4) is 0 Å². The first-order valence-corrected chi connectivity index (χ1v) is 6.74. The largest absolute Gasteiger partial charge is 0.481 e. The molecular formula is C14H15ClFNO3. The van der Waals surface area contributed by atoms with Gasteiger partial charge in [-0.25, -0.2) is 4.39 Å². The Balaban J connectivity index is 1.95. The van der Waals surface area contributed by atoms with Gasteiger partial charge in [-0.3, -0.25) is 9.59 Å². The van der Waals surface area contributed by atoms with E-state index in [-0.39, 0.29) is 24.3 Å². The second-order valence-electron chi connectivity index (χ2n) is 5.07. The summed E-state index contributed by atoms with van der Waals surface area (Å²) in [5, 5.41) is 11.6. The van der Waals surface area contributed by atoms with E-state index < -0.39 is 17.7 Å². The molecule has 1 fully saturated rings. The number of carboxylic acid groups (broad SMARTS) is 1. The summed E-state index contributed by atoms with van der Waals surface area (Å²) in [7, 11) is 0. The van der Waals surface area contributed by atoms with Crippen LogP contribution >= 0.6 is 11.6 Å². The standard InChI is InChI=1S/C14H15ClFNO3/c1-7(14(19)20)6-17-13(18)9-5-8(9)12-10(15)3-2-4-11(12)16/h2-4,7-9H,5-6H2,1H3,(H,17,18)(H,19,20)/t7-,8+,9-/m1/s1. The van der Waals surface area contributed by atoms with Crippen LogP contribution in [0.4, 0.5) is 4.39 Å². The maximum Gasteiger partial charge on any atom is 0.308 e. The number of hydrogen-bond acceptors (Lipinski definition) is 2. The van der Waals surface area contributed by atoms with Crippen molar-refractivity contribution in [3.8, 4) is 0 Å². The molecule has 0 unspecified atom stereocenters. The number of halogens is 2. The van der Waals surface area contributed by atoms with Gasteiger partial charge >= 0.3 is 5.97 Å². The van der Waals surface area contributed by atoms with Gasteiger partial charge in [-0.1, -0.05) is 24.6 Å². The molecule has 1 saturated carbocycles. The molecule has 20 heavy (non-hydrogen) atoms. The highest BCUT2D eigenvalue weighted by molar-refractivity contribution is 6.31. The van der Waals surface area contributed by atoms with Gasteiger partial charge in [-0.2, -0.15) is 0 Å². The van der Waals surface area contributed by atoms with Gasteiger partial charge in [0.25, 0.3) is 0 Å². The lowest BCUT2D eigenvalue weighted by atomic mass is 10.1. The van der Waals surface area contributed by atoms with Crippen LogP contribution in [-0.2, 0) is 9.59 Å². The average Bonchev–Trinajstić information content (AvgIpc) is 3.15. The van der Waals surface area contributed by atoms with Crippen molar-refractivity contribution in [2.45, 2.75) is 19.3 Å². The van der Waals surface area contributed by atoms with Crippen LogP contribution in [0.1, 0.15) is 24.8 Å². The van der Waals surface area contributed by atoms with Crippen LogP contribution in [0.25, 0.3) is 0 Å². The summed E-state index contributed by atoms with van der Waals surface area (Å²) in [5.74, 6) is -2.81. The molecule has 0 aliphatic heterocycles. The van der Waals surface area contributed by atoms with E-state index in [0.29, 0.717) is 17.0 Å². The molecule has 0 saturated heterocycles. The molecule has 1 aliphatic rings. The number of benzene rings is 1. The van der Waals surface area contributed by atoms with Gasteiger partial charge in [-0.05, 0) is 18.6 Å². The highest BCUT2D eigenvalue weighted by Gasteiger charge is 2.46. The quantitative estimate of drug-likeness (QED) is 0.877. The molecule has 1 aliphatic carbocycles. The monoisotopic (exact) mass is 299 g/mol. The fourth-order valence-electron chi connectivity index (χ4n) is 2.14. The zero-order valence-corrected chi connectivity index (χ0v) is 11.7. The van der Waals surface area contributed by atoms with E-state index in [4.69, 9.17) is 16.7 Å². The number of nitrogens with one attached hydrogen (secondary N) is 1. The Kier molecular flexibility index (Phi) is 4.28. The number of amides is 1. The molecule has 6 heteroatoms. The lowest BCUT2D eigenvalue weighted by Crippen LogP contribution is -2.32. The smallest absolute Gasteiger partial charge is 0.308 e. The van der Waals surface area contributed by atoms with Crippen molar-refractivity contribution < 1.29 is 19.1 Å². The molecule has 108 valence electrons. The summed E-state index contributed by atoms with van der Waals surface area (Å²) in [4.78, 5) is 22.5. The van der Waals surface area contributed by atoms with E-state index in [1.807, 2.05) is 0 Å². The summed E-state index contributed by atoms with van der Waals surface area (Å²) in [6.45, 7) is 1.59. The first kappa shape index (κ1) is 14.8. The molecule has 0 radical (unpaired) electrons. The minimum atomic E-state index is -0.963. The molecule has 0 bridgehead atoms. The molecule has 2 N–H and O–H groups in total. The number of carboxylic acids is 1. The molecule has 1 aromatic carbocycles. The third-order valence-corrected chi connectivity index (χ3v) is 3.83. The van der Waals surface area contributed by atoms with Crippen LogP contribution in [0.2, 0.25) is 5.02 Å². The second-order valence-corrected chi connectivity index (χ2v) is 5.48. The Morgan fingerprint density at radius 1 is 1.55 bits per heavy atom. The van der Waals surface area contributed by atoms with Crippen molar-refractivity contribution in [1.29, 1.82) is 0 Å². The van der Waals surface area contributed by atoms with Crippen LogP contribution in [0, 0.1) is 17.7 Å². The Morgan fingerprint density at radius 2 is 2.25 bits per heavy atom. The van der Waals surface area contributed by atoms with E-state index in [2.05, 4.69) is 5.32 Å². The molecule has 1 aromatic rings. The van der Waals surface area contributed by atoms with Crippen LogP contribution in [0.5, 0.6) is 0 Å². The molecule has 1 amide bonds. The van der Waals surface area contributed by atoms with Gasteiger partial charge in [-0.15, -0.1) is 0 Å². The van der Waals surface area contributed by atoms with Crippen molar-refractivity contribution in [2.24, 2.45) is 11.8 Å². The number of aliphatic carboxylic acids is 1. The Bertz CT molecular complexity index is 529. The van der Waals surface area contributed by atoms with Crippen molar-refractivity contribution >= 4 is 23.5 Å². The van der Waals surface area contributed by atoms with Crippen molar-refractivity contribution in [1.82, 2.24) is 5.32 Å². The van der Waals surface area contributed by atoms with E-state index in [9.17, 15) is 14.0 Å². The zero-order valence-electron chi connectivity index (χ0n) is 10.9. The molecular weight excluding hydrogens is 285 g/mol. The first-order chi connectivity index (χ1) is 9.41. The summed E-state index contributed by atoms with van der Waals surface area (Å²) < 4.78 is 13.7. The van der Waals surface area contributed by atoms with Gasteiger partial charge in [0, 0.05) is 29.0 Å². The van der Waals surface area contributed by atoms with Gasteiger partial charge in [0.2, 0.25) is 5.91 Å². The van der Waals surface area contributed by atoms with E-state index in [1.54, 1.807) is 6.07 Å². The minimum absolute atomic E-state index is 0.0718. The highest BCUT2D eigenvalue weighted by Crippen LogP contribution is 2.50. The van der Waals surface area contributed by atoms with Gasteiger partial charge < -0.3 is 10.4 Å². The Morgan fingerprint density at radius 3 is 2.85 bits per heavy atom. The first-order valence-electron chi connectivity index (χ1n) is 6.36. The van der Waals surface area contributed by atoms with Gasteiger partial charge in [0.15, 0.2) is 0 Å². The maximum absolute atomic E-state index is 13.7.